The second-order valence-electron chi connectivity index (χ2n) is 3.69. The number of aromatic nitrogens is 5. The minimum absolute atomic E-state index is 0.181. The van der Waals surface area contributed by atoms with E-state index >= 15 is 0 Å². The van der Waals surface area contributed by atoms with Gasteiger partial charge in [-0.3, -0.25) is 4.57 Å². The molecule has 0 aromatic carbocycles. The lowest BCUT2D eigenvalue weighted by Crippen LogP contribution is -2.17. The topological polar surface area (TPSA) is 89.6 Å². The third kappa shape index (κ3) is 2.81. The van der Waals surface area contributed by atoms with Crippen molar-refractivity contribution in [2.45, 2.75) is 44.1 Å². The Bertz CT molecular complexity index is 559. The van der Waals surface area contributed by atoms with Gasteiger partial charge < -0.3 is 4.42 Å². The summed E-state index contributed by atoms with van der Waals surface area (Å²) >= 11 is 1.41. The molecular weight excluding hydrogens is 254 g/mol. The lowest BCUT2D eigenvalue weighted by molar-refractivity contribution is 0.469. The molecule has 8 heteroatoms. The fraction of sp³-hybridized carbons (Fsp3) is 0.600. The van der Waals surface area contributed by atoms with Crippen molar-refractivity contribution in [3.8, 4) is 0 Å². The summed E-state index contributed by atoms with van der Waals surface area (Å²) in [6, 6.07) is 0. The van der Waals surface area contributed by atoms with Gasteiger partial charge in [0.15, 0.2) is 5.16 Å². The number of hydrogen-bond donors (Lipinski definition) is 1. The van der Waals surface area contributed by atoms with Crippen molar-refractivity contribution in [2.75, 3.05) is 0 Å². The molecule has 0 spiro atoms. The fourth-order valence-corrected chi connectivity index (χ4v) is 2.26. The van der Waals surface area contributed by atoms with Crippen LogP contribution < -0.4 is 5.69 Å². The first-order chi connectivity index (χ1) is 8.74. The van der Waals surface area contributed by atoms with Crippen LogP contribution in [0.25, 0.3) is 0 Å². The molecule has 0 amide bonds. The zero-order valence-corrected chi connectivity index (χ0v) is 11.2. The van der Waals surface area contributed by atoms with Crippen molar-refractivity contribution in [1.82, 2.24) is 25.0 Å². The number of rotatable bonds is 6. The smallest absolute Gasteiger partial charge is 0.343 e. The Labute approximate surface area is 108 Å². The quantitative estimate of drug-likeness (QED) is 0.793. The molecule has 2 aromatic rings. The average Bonchev–Trinajstić information content (AvgIpc) is 2.96. The summed E-state index contributed by atoms with van der Waals surface area (Å²) in [6.07, 6.45) is 1.61. The number of aryl methyl sites for hydroxylation is 1. The molecular formula is C10H15N5O2S. The number of thioether (sulfide) groups is 1. The van der Waals surface area contributed by atoms with E-state index in [2.05, 4.69) is 20.4 Å². The SMILES string of the molecule is CCCn1c(SCc2nnc(CC)o2)n[nH]c1=O. The van der Waals surface area contributed by atoms with Crippen LogP contribution in [0.2, 0.25) is 0 Å². The van der Waals surface area contributed by atoms with Gasteiger partial charge in [0.05, 0.1) is 5.75 Å². The molecule has 7 nitrogen and oxygen atoms in total. The number of H-pyrrole nitrogens is 1. The van der Waals surface area contributed by atoms with Crippen LogP contribution in [0, 0.1) is 0 Å². The van der Waals surface area contributed by atoms with Crippen molar-refractivity contribution < 1.29 is 4.42 Å². The minimum Gasteiger partial charge on any atom is -0.424 e. The Hall–Kier alpha value is -1.57. The zero-order chi connectivity index (χ0) is 13.0. The van der Waals surface area contributed by atoms with Crippen molar-refractivity contribution >= 4 is 11.8 Å². The normalized spacial score (nSPS) is 11.0. The van der Waals surface area contributed by atoms with Crippen LogP contribution in [-0.2, 0) is 18.7 Å². The predicted molar refractivity (Wildman–Crippen MR) is 66.4 cm³/mol. The molecule has 98 valence electrons. The van der Waals surface area contributed by atoms with Gasteiger partial charge in [-0.2, -0.15) is 0 Å². The molecule has 0 fully saturated rings. The van der Waals surface area contributed by atoms with Crippen molar-refractivity contribution in [2.24, 2.45) is 0 Å². The third-order valence-corrected chi connectivity index (χ3v) is 3.27. The largest absolute Gasteiger partial charge is 0.424 e. The van der Waals surface area contributed by atoms with Crippen molar-refractivity contribution in [1.29, 1.82) is 0 Å². The Balaban J connectivity index is 2.03. The minimum atomic E-state index is -0.181. The summed E-state index contributed by atoms with van der Waals surface area (Å²) in [4.78, 5) is 11.5. The molecule has 1 N–H and O–H groups in total. The van der Waals surface area contributed by atoms with Gasteiger partial charge in [0.2, 0.25) is 11.8 Å². The summed E-state index contributed by atoms with van der Waals surface area (Å²) < 4.78 is 7.01. The number of hydrogen-bond acceptors (Lipinski definition) is 6. The molecule has 0 unspecified atom stereocenters. The van der Waals surface area contributed by atoms with Crippen molar-refractivity contribution in [3.63, 3.8) is 0 Å². The van der Waals surface area contributed by atoms with Crippen LogP contribution in [0.4, 0.5) is 0 Å². The van der Waals surface area contributed by atoms with E-state index in [0.717, 1.165) is 12.8 Å². The lowest BCUT2D eigenvalue weighted by atomic mass is 10.5. The third-order valence-electron chi connectivity index (χ3n) is 2.31. The monoisotopic (exact) mass is 269 g/mol. The van der Waals surface area contributed by atoms with Crippen LogP contribution in [0.15, 0.2) is 14.4 Å². The summed E-state index contributed by atoms with van der Waals surface area (Å²) in [5, 5.41) is 14.9. The highest BCUT2D eigenvalue weighted by Gasteiger charge is 2.11. The van der Waals surface area contributed by atoms with Crippen LogP contribution in [-0.4, -0.2) is 25.0 Å². The van der Waals surface area contributed by atoms with Crippen LogP contribution in [0.1, 0.15) is 32.0 Å². The van der Waals surface area contributed by atoms with E-state index in [1.54, 1.807) is 4.57 Å². The maximum absolute atomic E-state index is 11.5. The summed E-state index contributed by atoms with van der Waals surface area (Å²) in [5.41, 5.74) is -0.181. The Morgan fingerprint density at radius 3 is 2.78 bits per heavy atom. The molecule has 0 atom stereocenters. The Morgan fingerprint density at radius 2 is 2.11 bits per heavy atom. The molecule has 0 saturated carbocycles. The molecule has 0 bridgehead atoms. The van der Waals surface area contributed by atoms with Gasteiger partial charge in [0, 0.05) is 13.0 Å². The molecule has 2 heterocycles. The second-order valence-corrected chi connectivity index (χ2v) is 4.64. The molecule has 0 saturated heterocycles. The van der Waals surface area contributed by atoms with E-state index < -0.39 is 0 Å². The molecule has 0 aliphatic carbocycles. The first kappa shape index (κ1) is 12.9. The van der Waals surface area contributed by atoms with Crippen molar-refractivity contribution in [3.05, 3.63) is 22.3 Å². The van der Waals surface area contributed by atoms with Gasteiger partial charge in [-0.1, -0.05) is 25.6 Å². The molecule has 18 heavy (non-hydrogen) atoms. The average molecular weight is 269 g/mol. The summed E-state index contributed by atoms with van der Waals surface area (Å²) in [5.74, 6) is 1.69. The van der Waals surface area contributed by atoms with Crippen LogP contribution in [0.5, 0.6) is 0 Å². The van der Waals surface area contributed by atoms with Gasteiger partial charge in [0.1, 0.15) is 0 Å². The Morgan fingerprint density at radius 1 is 1.33 bits per heavy atom. The van der Waals surface area contributed by atoms with Gasteiger partial charge in [-0.05, 0) is 6.42 Å². The summed E-state index contributed by atoms with van der Waals surface area (Å²) in [7, 11) is 0. The molecule has 0 radical (unpaired) electrons. The number of aromatic amines is 1. The number of nitrogens with one attached hydrogen (secondary N) is 1. The van der Waals surface area contributed by atoms with Gasteiger partial charge in [-0.25, -0.2) is 9.89 Å². The zero-order valence-electron chi connectivity index (χ0n) is 10.3. The molecule has 2 aromatic heterocycles. The maximum Gasteiger partial charge on any atom is 0.343 e. The summed E-state index contributed by atoms with van der Waals surface area (Å²) in [6.45, 7) is 4.62. The van der Waals surface area contributed by atoms with Gasteiger partial charge in [-0.15, -0.1) is 15.3 Å². The Kier molecular flexibility index (Phi) is 4.19. The predicted octanol–water partition coefficient (Wildman–Crippen LogP) is 1.22. The fourth-order valence-electron chi connectivity index (χ4n) is 1.45. The molecule has 0 aliphatic rings. The highest BCUT2D eigenvalue weighted by molar-refractivity contribution is 7.98. The lowest BCUT2D eigenvalue weighted by Gasteiger charge is -2.01. The second kappa shape index (κ2) is 5.85. The van der Waals surface area contributed by atoms with E-state index in [1.807, 2.05) is 13.8 Å². The first-order valence-corrected chi connectivity index (χ1v) is 6.82. The highest BCUT2D eigenvalue weighted by atomic mass is 32.2. The van der Waals surface area contributed by atoms with E-state index in [9.17, 15) is 4.79 Å². The standard InChI is InChI=1S/C10H15N5O2S/c1-3-5-15-9(16)13-14-10(15)18-6-8-12-11-7(4-2)17-8/h3-6H2,1-2H3,(H,13,16). The highest BCUT2D eigenvalue weighted by Crippen LogP contribution is 2.19. The van der Waals surface area contributed by atoms with Crippen LogP contribution in [0.3, 0.4) is 0 Å². The van der Waals surface area contributed by atoms with Crippen LogP contribution >= 0.6 is 11.8 Å². The maximum atomic E-state index is 11.5. The van der Waals surface area contributed by atoms with E-state index in [4.69, 9.17) is 4.42 Å². The van der Waals surface area contributed by atoms with E-state index in [1.165, 1.54) is 11.8 Å². The van der Waals surface area contributed by atoms with E-state index in [-0.39, 0.29) is 5.69 Å². The number of nitrogens with zero attached hydrogens (tertiary/aromatic N) is 4. The van der Waals surface area contributed by atoms with Gasteiger partial charge >= 0.3 is 5.69 Å². The first-order valence-electron chi connectivity index (χ1n) is 5.83. The molecule has 0 aliphatic heterocycles. The van der Waals surface area contributed by atoms with E-state index in [0.29, 0.717) is 29.2 Å². The molecule has 2 rings (SSSR count). The van der Waals surface area contributed by atoms with Gasteiger partial charge in [0.25, 0.3) is 0 Å².